The average molecular weight is 233 g/mol. The van der Waals surface area contributed by atoms with Crippen LogP contribution in [0.5, 0.6) is 5.75 Å². The van der Waals surface area contributed by atoms with Crippen molar-refractivity contribution < 1.29 is 9.84 Å². The van der Waals surface area contributed by atoms with Crippen LogP contribution in [0, 0.1) is 0 Å². The molecule has 0 amide bonds. The third-order valence-corrected chi connectivity index (χ3v) is 2.47. The molecule has 0 bridgehead atoms. The molecule has 0 radical (unpaired) electrons. The first kappa shape index (κ1) is 11.6. The van der Waals surface area contributed by atoms with Crippen LogP contribution < -0.4 is 10.1 Å². The van der Waals surface area contributed by atoms with Crippen molar-refractivity contribution in [3.63, 3.8) is 0 Å². The molecule has 17 heavy (non-hydrogen) atoms. The molecule has 1 heterocycles. The summed E-state index contributed by atoms with van der Waals surface area (Å²) in [6, 6.07) is 5.66. The van der Waals surface area contributed by atoms with E-state index in [0.29, 0.717) is 13.0 Å². The van der Waals surface area contributed by atoms with Crippen molar-refractivity contribution in [2.24, 2.45) is 0 Å². The molecule has 5 nitrogen and oxygen atoms in total. The lowest BCUT2D eigenvalue weighted by molar-refractivity contribution is 0.292. The summed E-state index contributed by atoms with van der Waals surface area (Å²) >= 11 is 0. The highest BCUT2D eigenvalue weighted by Gasteiger charge is 2.04. The Kier molecular flexibility index (Phi) is 3.72. The van der Waals surface area contributed by atoms with E-state index < -0.39 is 0 Å². The minimum Gasteiger partial charge on any atom is -0.497 e. The summed E-state index contributed by atoms with van der Waals surface area (Å²) in [5, 5.41) is 12.8. The molecule has 0 atom stereocenters. The van der Waals surface area contributed by atoms with Crippen molar-refractivity contribution in [2.75, 3.05) is 25.6 Å². The fourth-order valence-corrected chi connectivity index (χ4v) is 1.59. The molecule has 0 saturated heterocycles. The second-order valence-electron chi connectivity index (χ2n) is 3.61. The summed E-state index contributed by atoms with van der Waals surface area (Å²) in [6.07, 6.45) is 2.21. The first-order chi connectivity index (χ1) is 8.35. The molecule has 1 aromatic carbocycles. The Hall–Kier alpha value is -1.88. The van der Waals surface area contributed by atoms with E-state index in [4.69, 9.17) is 9.84 Å². The minimum atomic E-state index is 0.166. The number of hydrogen-bond donors (Lipinski definition) is 2. The van der Waals surface area contributed by atoms with Gasteiger partial charge in [0.2, 0.25) is 0 Å². The number of nitrogens with one attached hydrogen (secondary N) is 1. The van der Waals surface area contributed by atoms with Crippen LogP contribution in [-0.2, 0) is 0 Å². The van der Waals surface area contributed by atoms with Crippen LogP contribution in [0.15, 0.2) is 24.5 Å². The number of anilines is 1. The van der Waals surface area contributed by atoms with Crippen molar-refractivity contribution in [2.45, 2.75) is 6.42 Å². The van der Waals surface area contributed by atoms with Crippen molar-refractivity contribution in [1.29, 1.82) is 0 Å². The molecule has 1 aromatic heterocycles. The van der Waals surface area contributed by atoms with Crippen molar-refractivity contribution in [3.05, 3.63) is 24.5 Å². The second kappa shape index (κ2) is 5.45. The Labute approximate surface area is 99.5 Å². The molecule has 2 aromatic rings. The molecule has 0 fully saturated rings. The molecule has 2 N–H and O–H groups in total. The van der Waals surface area contributed by atoms with E-state index in [9.17, 15) is 0 Å². The van der Waals surface area contributed by atoms with E-state index in [1.54, 1.807) is 7.11 Å². The highest BCUT2D eigenvalue weighted by Crippen LogP contribution is 2.23. The van der Waals surface area contributed by atoms with Gasteiger partial charge in [-0.2, -0.15) is 0 Å². The maximum atomic E-state index is 8.75. The Morgan fingerprint density at radius 2 is 2.24 bits per heavy atom. The van der Waals surface area contributed by atoms with Crippen LogP contribution in [0.1, 0.15) is 6.42 Å². The molecular weight excluding hydrogens is 218 g/mol. The summed E-state index contributed by atoms with van der Waals surface area (Å²) in [5.41, 5.74) is 0.868. The minimum absolute atomic E-state index is 0.166. The summed E-state index contributed by atoms with van der Waals surface area (Å²) in [4.78, 5) is 8.38. The van der Waals surface area contributed by atoms with Gasteiger partial charge in [-0.1, -0.05) is 0 Å². The highest BCUT2D eigenvalue weighted by molar-refractivity contribution is 5.89. The Bertz CT molecular complexity index is 502. The molecule has 0 saturated carbocycles. The van der Waals surface area contributed by atoms with Crippen LogP contribution in [0.2, 0.25) is 0 Å². The van der Waals surface area contributed by atoms with Gasteiger partial charge in [-0.15, -0.1) is 0 Å². The first-order valence-electron chi connectivity index (χ1n) is 5.48. The molecule has 0 spiro atoms. The quantitative estimate of drug-likeness (QED) is 0.765. The number of hydrogen-bond acceptors (Lipinski definition) is 5. The number of fused-ring (bicyclic) bond motifs is 1. The average Bonchev–Trinajstić information content (AvgIpc) is 2.39. The fraction of sp³-hybridized carbons (Fsp3) is 0.333. The zero-order chi connectivity index (χ0) is 12.1. The fourth-order valence-electron chi connectivity index (χ4n) is 1.59. The normalized spacial score (nSPS) is 10.5. The van der Waals surface area contributed by atoms with Crippen LogP contribution in [0.25, 0.3) is 10.9 Å². The number of methoxy groups -OCH3 is 1. The molecular formula is C12H15N3O2. The van der Waals surface area contributed by atoms with Crippen LogP contribution in [0.4, 0.5) is 5.82 Å². The Balaban J connectivity index is 2.33. The van der Waals surface area contributed by atoms with Crippen molar-refractivity contribution in [3.8, 4) is 5.75 Å². The molecule has 5 heteroatoms. The lowest BCUT2D eigenvalue weighted by atomic mass is 10.2. The summed E-state index contributed by atoms with van der Waals surface area (Å²) in [5.74, 6) is 1.54. The van der Waals surface area contributed by atoms with Crippen molar-refractivity contribution in [1.82, 2.24) is 9.97 Å². The number of benzene rings is 1. The monoisotopic (exact) mass is 233 g/mol. The maximum absolute atomic E-state index is 8.75. The molecule has 0 aliphatic heterocycles. The van der Waals surface area contributed by atoms with Crippen LogP contribution in [-0.4, -0.2) is 35.3 Å². The summed E-state index contributed by atoms with van der Waals surface area (Å²) in [7, 11) is 1.63. The largest absolute Gasteiger partial charge is 0.497 e. The lowest BCUT2D eigenvalue weighted by Crippen LogP contribution is -2.05. The summed E-state index contributed by atoms with van der Waals surface area (Å²) in [6.45, 7) is 0.846. The van der Waals surface area contributed by atoms with E-state index in [1.165, 1.54) is 6.33 Å². The van der Waals surface area contributed by atoms with E-state index >= 15 is 0 Å². The van der Waals surface area contributed by atoms with E-state index in [2.05, 4.69) is 15.3 Å². The van der Waals surface area contributed by atoms with Crippen LogP contribution in [0.3, 0.4) is 0 Å². The predicted molar refractivity (Wildman–Crippen MR) is 66.3 cm³/mol. The van der Waals surface area contributed by atoms with E-state index in [1.807, 2.05) is 18.2 Å². The van der Waals surface area contributed by atoms with Gasteiger partial charge >= 0.3 is 0 Å². The van der Waals surface area contributed by atoms with Crippen LogP contribution >= 0.6 is 0 Å². The SMILES string of the molecule is COc1ccc2ncnc(NCCCO)c2c1. The molecule has 0 unspecified atom stereocenters. The van der Waals surface area contributed by atoms with Gasteiger partial charge in [0.25, 0.3) is 0 Å². The van der Waals surface area contributed by atoms with Gasteiger partial charge in [-0.05, 0) is 24.6 Å². The zero-order valence-electron chi connectivity index (χ0n) is 9.68. The molecule has 0 aliphatic rings. The molecule has 0 aliphatic carbocycles. The van der Waals surface area contributed by atoms with Gasteiger partial charge in [-0.25, -0.2) is 9.97 Å². The number of ether oxygens (including phenoxy) is 1. The van der Waals surface area contributed by atoms with Gasteiger partial charge in [0.15, 0.2) is 0 Å². The van der Waals surface area contributed by atoms with E-state index in [-0.39, 0.29) is 6.61 Å². The third-order valence-electron chi connectivity index (χ3n) is 2.47. The maximum Gasteiger partial charge on any atom is 0.137 e. The highest BCUT2D eigenvalue weighted by atomic mass is 16.5. The smallest absolute Gasteiger partial charge is 0.137 e. The van der Waals surface area contributed by atoms with Gasteiger partial charge in [0.05, 0.1) is 12.6 Å². The topological polar surface area (TPSA) is 67.3 Å². The standard InChI is InChI=1S/C12H15N3O2/c1-17-9-3-4-11-10(7-9)12(15-8-14-11)13-5-2-6-16/h3-4,7-8,16H,2,5-6H2,1H3,(H,13,14,15). The number of aliphatic hydroxyl groups excluding tert-OH is 1. The number of aromatic nitrogens is 2. The molecule has 2 rings (SSSR count). The third kappa shape index (κ3) is 2.62. The Morgan fingerprint density at radius 3 is 3.00 bits per heavy atom. The molecule has 90 valence electrons. The van der Waals surface area contributed by atoms with Gasteiger partial charge in [-0.3, -0.25) is 0 Å². The zero-order valence-corrected chi connectivity index (χ0v) is 9.68. The Morgan fingerprint density at radius 1 is 1.35 bits per heavy atom. The number of nitrogens with zero attached hydrogens (tertiary/aromatic N) is 2. The second-order valence-corrected chi connectivity index (χ2v) is 3.61. The number of rotatable bonds is 5. The predicted octanol–water partition coefficient (Wildman–Crippen LogP) is 1.43. The summed E-state index contributed by atoms with van der Waals surface area (Å²) < 4.78 is 5.18. The van der Waals surface area contributed by atoms with Gasteiger partial charge < -0.3 is 15.2 Å². The first-order valence-corrected chi connectivity index (χ1v) is 5.48. The van der Waals surface area contributed by atoms with Gasteiger partial charge in [0.1, 0.15) is 17.9 Å². The van der Waals surface area contributed by atoms with Gasteiger partial charge in [0, 0.05) is 18.5 Å². The van der Waals surface area contributed by atoms with Crippen molar-refractivity contribution >= 4 is 16.7 Å². The van der Waals surface area contributed by atoms with E-state index in [0.717, 1.165) is 22.5 Å². The number of aliphatic hydroxyl groups is 1. The lowest BCUT2D eigenvalue weighted by Gasteiger charge is -2.08.